The molecular weight excluding hydrogens is 380 g/mol. The summed E-state index contributed by atoms with van der Waals surface area (Å²) in [6.45, 7) is 2.08. The first-order valence-electron chi connectivity index (χ1n) is 10.3. The molecule has 2 aromatic heterocycles. The van der Waals surface area contributed by atoms with E-state index in [4.69, 9.17) is 4.42 Å². The van der Waals surface area contributed by atoms with Crippen molar-refractivity contribution in [1.82, 2.24) is 21.0 Å². The highest BCUT2D eigenvalue weighted by atomic mass is 16.3. The van der Waals surface area contributed by atoms with Gasteiger partial charge in [-0.15, -0.1) is 10.2 Å². The van der Waals surface area contributed by atoms with Gasteiger partial charge in [0.1, 0.15) is 11.8 Å². The molecule has 3 aromatic rings. The van der Waals surface area contributed by atoms with Gasteiger partial charge in [0, 0.05) is 24.3 Å². The molecule has 8 nitrogen and oxygen atoms in total. The third-order valence-corrected chi connectivity index (χ3v) is 5.61. The number of nitrogens with one attached hydrogen (secondary N) is 3. The van der Waals surface area contributed by atoms with Crippen LogP contribution < -0.4 is 21.1 Å². The van der Waals surface area contributed by atoms with E-state index in [0.717, 1.165) is 41.6 Å². The lowest BCUT2D eigenvalue weighted by atomic mass is 10.1. The topological polar surface area (TPSA) is 95.3 Å². The van der Waals surface area contributed by atoms with Crippen LogP contribution in [0.25, 0.3) is 11.3 Å². The van der Waals surface area contributed by atoms with Gasteiger partial charge in [0.15, 0.2) is 5.82 Å². The minimum absolute atomic E-state index is 0.0218. The van der Waals surface area contributed by atoms with Crippen LogP contribution in [0.1, 0.15) is 31.1 Å². The van der Waals surface area contributed by atoms with E-state index in [0.29, 0.717) is 6.42 Å². The van der Waals surface area contributed by atoms with Gasteiger partial charge >= 0.3 is 0 Å². The largest absolute Gasteiger partial charge is 0.468 e. The maximum atomic E-state index is 12.7. The Morgan fingerprint density at radius 2 is 1.97 bits per heavy atom. The van der Waals surface area contributed by atoms with Crippen LogP contribution in [-0.2, 0) is 4.79 Å². The zero-order valence-electron chi connectivity index (χ0n) is 16.5. The number of carbonyl (C=O) groups excluding carboxylic acids is 1. The zero-order valence-corrected chi connectivity index (χ0v) is 16.5. The van der Waals surface area contributed by atoms with Crippen molar-refractivity contribution in [2.24, 2.45) is 0 Å². The standard InChI is InChI=1S/C22H24N6O2/c29-22(19-14-18(25-26-19)20-7-4-12-30-20)23-16-6-3-5-15(13-16)17-8-9-21(27-24-17)28-10-1-2-11-28/h3-9,12-13,18-19,25-26H,1-2,10-11,14H2,(H,23,29). The molecule has 1 amide bonds. The van der Waals surface area contributed by atoms with Crippen molar-refractivity contribution in [1.29, 1.82) is 0 Å². The highest BCUT2D eigenvalue weighted by Gasteiger charge is 2.31. The molecule has 2 unspecified atom stereocenters. The molecular formula is C22H24N6O2. The van der Waals surface area contributed by atoms with Crippen molar-refractivity contribution in [3.63, 3.8) is 0 Å². The van der Waals surface area contributed by atoms with Gasteiger partial charge in [-0.25, -0.2) is 10.9 Å². The van der Waals surface area contributed by atoms with Crippen LogP contribution >= 0.6 is 0 Å². The van der Waals surface area contributed by atoms with Gasteiger partial charge in [0.25, 0.3) is 0 Å². The van der Waals surface area contributed by atoms with Gasteiger partial charge in [-0.3, -0.25) is 4.79 Å². The number of carbonyl (C=O) groups is 1. The van der Waals surface area contributed by atoms with Crippen molar-refractivity contribution in [3.8, 4) is 11.3 Å². The number of hydrazine groups is 1. The molecule has 2 atom stereocenters. The third-order valence-electron chi connectivity index (χ3n) is 5.61. The molecule has 0 spiro atoms. The second kappa shape index (κ2) is 8.25. The summed E-state index contributed by atoms with van der Waals surface area (Å²) in [6.07, 6.45) is 4.66. The number of hydrogen-bond donors (Lipinski definition) is 3. The maximum absolute atomic E-state index is 12.7. The van der Waals surface area contributed by atoms with Crippen LogP contribution in [-0.4, -0.2) is 35.2 Å². The Bertz CT molecular complexity index is 999. The summed E-state index contributed by atoms with van der Waals surface area (Å²) < 4.78 is 5.42. The predicted molar refractivity (Wildman–Crippen MR) is 114 cm³/mol. The van der Waals surface area contributed by atoms with E-state index in [-0.39, 0.29) is 18.0 Å². The van der Waals surface area contributed by atoms with E-state index in [1.165, 1.54) is 12.8 Å². The van der Waals surface area contributed by atoms with E-state index >= 15 is 0 Å². The van der Waals surface area contributed by atoms with E-state index in [1.54, 1.807) is 6.26 Å². The highest BCUT2D eigenvalue weighted by Crippen LogP contribution is 2.25. The maximum Gasteiger partial charge on any atom is 0.242 e. The Balaban J connectivity index is 1.24. The molecule has 3 N–H and O–H groups in total. The number of amides is 1. The number of aromatic nitrogens is 2. The number of anilines is 2. The molecule has 1 aromatic carbocycles. The highest BCUT2D eigenvalue weighted by molar-refractivity contribution is 5.95. The number of rotatable bonds is 5. The van der Waals surface area contributed by atoms with Gasteiger partial charge in [0.2, 0.25) is 5.91 Å². The molecule has 0 aliphatic carbocycles. The fourth-order valence-electron chi connectivity index (χ4n) is 3.98. The van der Waals surface area contributed by atoms with Crippen molar-refractivity contribution >= 4 is 17.4 Å². The molecule has 0 saturated carbocycles. The Morgan fingerprint density at radius 3 is 2.73 bits per heavy atom. The lowest BCUT2D eigenvalue weighted by Crippen LogP contribution is -2.39. The molecule has 154 valence electrons. The van der Waals surface area contributed by atoms with E-state index in [1.807, 2.05) is 48.5 Å². The van der Waals surface area contributed by atoms with E-state index in [2.05, 4.69) is 31.3 Å². The average molecular weight is 404 g/mol. The molecule has 5 rings (SSSR count). The molecule has 2 aliphatic rings. The quantitative estimate of drug-likeness (QED) is 0.602. The molecule has 0 bridgehead atoms. The fraction of sp³-hybridized carbons (Fsp3) is 0.318. The van der Waals surface area contributed by atoms with Crippen molar-refractivity contribution in [3.05, 3.63) is 60.6 Å². The monoisotopic (exact) mass is 404 g/mol. The summed E-state index contributed by atoms with van der Waals surface area (Å²) in [5, 5.41) is 11.8. The molecule has 30 heavy (non-hydrogen) atoms. The lowest BCUT2D eigenvalue weighted by molar-refractivity contribution is -0.117. The predicted octanol–water partition coefficient (Wildman–Crippen LogP) is 2.88. The Kier molecular flexibility index (Phi) is 5.17. The average Bonchev–Trinajstić information content (AvgIpc) is 3.56. The van der Waals surface area contributed by atoms with Crippen LogP contribution in [0.3, 0.4) is 0 Å². The summed E-state index contributed by atoms with van der Waals surface area (Å²) in [7, 11) is 0. The minimum atomic E-state index is -0.344. The van der Waals surface area contributed by atoms with Crippen LogP contribution in [0, 0.1) is 0 Å². The summed E-state index contributed by atoms with van der Waals surface area (Å²) >= 11 is 0. The first-order valence-corrected chi connectivity index (χ1v) is 10.3. The molecule has 8 heteroatoms. The first-order chi connectivity index (χ1) is 14.8. The van der Waals surface area contributed by atoms with E-state index < -0.39 is 0 Å². The Morgan fingerprint density at radius 1 is 1.07 bits per heavy atom. The van der Waals surface area contributed by atoms with Crippen LogP contribution in [0.15, 0.2) is 59.2 Å². The van der Waals surface area contributed by atoms with Crippen LogP contribution in [0.2, 0.25) is 0 Å². The van der Waals surface area contributed by atoms with Crippen LogP contribution in [0.4, 0.5) is 11.5 Å². The number of benzene rings is 1. The molecule has 0 radical (unpaired) electrons. The van der Waals surface area contributed by atoms with Gasteiger partial charge < -0.3 is 14.6 Å². The van der Waals surface area contributed by atoms with Crippen molar-refractivity contribution < 1.29 is 9.21 Å². The second-order valence-corrected chi connectivity index (χ2v) is 7.69. The zero-order chi connectivity index (χ0) is 20.3. The summed E-state index contributed by atoms with van der Waals surface area (Å²) in [6, 6.07) is 15.1. The SMILES string of the molecule is O=C(Nc1cccc(-c2ccc(N3CCCC3)nn2)c1)C1CC(c2ccco2)NN1. The number of hydrogen-bond acceptors (Lipinski definition) is 7. The fourth-order valence-corrected chi connectivity index (χ4v) is 3.98. The first kappa shape index (κ1) is 18.8. The third kappa shape index (κ3) is 3.92. The van der Waals surface area contributed by atoms with Gasteiger partial charge in [-0.1, -0.05) is 12.1 Å². The summed E-state index contributed by atoms with van der Waals surface area (Å²) in [5.41, 5.74) is 8.59. The molecule has 2 fully saturated rings. The Hall–Kier alpha value is -3.23. The number of furan rings is 1. The minimum Gasteiger partial charge on any atom is -0.468 e. The summed E-state index contributed by atoms with van der Waals surface area (Å²) in [4.78, 5) is 14.9. The smallest absolute Gasteiger partial charge is 0.242 e. The van der Waals surface area contributed by atoms with Gasteiger partial charge in [0.05, 0.1) is 18.0 Å². The number of nitrogens with zero attached hydrogens (tertiary/aromatic N) is 3. The molecule has 2 saturated heterocycles. The van der Waals surface area contributed by atoms with E-state index in [9.17, 15) is 4.79 Å². The van der Waals surface area contributed by atoms with Crippen molar-refractivity contribution in [2.75, 3.05) is 23.3 Å². The molecule has 2 aliphatic heterocycles. The lowest BCUT2D eigenvalue weighted by Gasteiger charge is -2.15. The second-order valence-electron chi connectivity index (χ2n) is 7.69. The van der Waals surface area contributed by atoms with Crippen molar-refractivity contribution in [2.45, 2.75) is 31.3 Å². The Labute approximate surface area is 174 Å². The van der Waals surface area contributed by atoms with Gasteiger partial charge in [-0.05, 0) is 55.7 Å². The summed E-state index contributed by atoms with van der Waals surface area (Å²) in [5.74, 6) is 1.64. The molecule has 4 heterocycles. The van der Waals surface area contributed by atoms with Gasteiger partial charge in [-0.2, -0.15) is 0 Å². The van der Waals surface area contributed by atoms with Crippen LogP contribution in [0.5, 0.6) is 0 Å². The normalized spacial score (nSPS) is 21.1.